The molecule has 0 aliphatic heterocycles. The van der Waals surface area contributed by atoms with Gasteiger partial charge in [0.2, 0.25) is 0 Å². The molecule has 5 nitrogen and oxygen atoms in total. The Hall–Kier alpha value is -3.75. The summed E-state index contributed by atoms with van der Waals surface area (Å²) in [7, 11) is 4.80. The number of ether oxygens (including phenoxy) is 3. The number of aliphatic hydroxyl groups is 1. The first-order valence-electron chi connectivity index (χ1n) is 10.7. The minimum atomic E-state index is -1.45. The number of unbranched alkanes of at least 4 members (excludes halogenated alkanes) is 2. The summed E-state index contributed by atoms with van der Waals surface area (Å²) >= 11 is 0. The highest BCUT2D eigenvalue weighted by molar-refractivity contribution is 5.55. The molecular weight excluding hydrogens is 416 g/mol. The fourth-order valence-corrected chi connectivity index (χ4v) is 3.63. The van der Waals surface area contributed by atoms with Crippen molar-refractivity contribution in [3.8, 4) is 29.1 Å². The van der Waals surface area contributed by atoms with Crippen molar-refractivity contribution >= 4 is 6.29 Å². The molecule has 0 saturated carbocycles. The van der Waals surface area contributed by atoms with Crippen molar-refractivity contribution in [1.29, 1.82) is 0 Å². The molecule has 33 heavy (non-hydrogen) atoms. The maximum atomic E-state index is 12.2. The van der Waals surface area contributed by atoms with Crippen LogP contribution in [0.1, 0.15) is 41.5 Å². The van der Waals surface area contributed by atoms with Crippen LogP contribution in [0.2, 0.25) is 0 Å². The minimum Gasteiger partial charge on any atom is -0.497 e. The lowest BCUT2D eigenvalue weighted by Crippen LogP contribution is -2.29. The average Bonchev–Trinajstić information content (AvgIpc) is 2.88. The van der Waals surface area contributed by atoms with Crippen LogP contribution in [0.5, 0.6) is 17.2 Å². The molecule has 0 spiro atoms. The fraction of sp³-hybridized carbons (Fsp3) is 0.250. The zero-order valence-electron chi connectivity index (χ0n) is 19.1. The number of carbonyl (C=O) groups excluding carboxylic acids is 1. The van der Waals surface area contributed by atoms with Crippen LogP contribution < -0.4 is 14.2 Å². The number of methoxy groups -OCH3 is 3. The second kappa shape index (κ2) is 11.2. The normalized spacial score (nSPS) is 10.7. The lowest BCUT2D eigenvalue weighted by Gasteiger charge is -2.31. The summed E-state index contributed by atoms with van der Waals surface area (Å²) in [6, 6.07) is 20.2. The molecule has 3 aromatic rings. The quantitative estimate of drug-likeness (QED) is 0.224. The zero-order valence-corrected chi connectivity index (χ0v) is 19.1. The second-order valence-corrected chi connectivity index (χ2v) is 7.44. The van der Waals surface area contributed by atoms with E-state index in [0.717, 1.165) is 6.29 Å². The van der Waals surface area contributed by atoms with E-state index in [0.29, 0.717) is 58.8 Å². The first-order valence-corrected chi connectivity index (χ1v) is 10.7. The number of rotatable bonds is 9. The van der Waals surface area contributed by atoms with Crippen LogP contribution in [0.3, 0.4) is 0 Å². The Morgan fingerprint density at radius 1 is 0.818 bits per heavy atom. The third-order valence-corrected chi connectivity index (χ3v) is 5.48. The molecule has 0 saturated heterocycles. The van der Waals surface area contributed by atoms with Gasteiger partial charge in [-0.15, -0.1) is 0 Å². The van der Waals surface area contributed by atoms with Gasteiger partial charge in [-0.2, -0.15) is 0 Å². The minimum absolute atomic E-state index is 0.487. The van der Waals surface area contributed by atoms with Gasteiger partial charge in [-0.05, 0) is 59.5 Å². The first kappa shape index (κ1) is 23.9. The lowest BCUT2D eigenvalue weighted by molar-refractivity contribution is -0.107. The van der Waals surface area contributed by atoms with Gasteiger partial charge >= 0.3 is 0 Å². The van der Waals surface area contributed by atoms with Crippen LogP contribution in [-0.4, -0.2) is 32.7 Å². The summed E-state index contributed by atoms with van der Waals surface area (Å²) in [5, 5.41) is 12.2. The Kier molecular flexibility index (Phi) is 8.12. The molecule has 0 aromatic heterocycles. The van der Waals surface area contributed by atoms with Crippen LogP contribution in [-0.2, 0) is 10.4 Å². The lowest BCUT2D eigenvalue weighted by atomic mass is 9.80. The smallest absolute Gasteiger partial charge is 0.140 e. The highest BCUT2D eigenvalue weighted by atomic mass is 16.5. The number of hydrogen-bond acceptors (Lipinski definition) is 5. The molecule has 0 radical (unpaired) electrons. The predicted octanol–water partition coefficient (Wildman–Crippen LogP) is 4.72. The monoisotopic (exact) mass is 444 g/mol. The molecule has 3 aromatic carbocycles. The van der Waals surface area contributed by atoms with E-state index in [-0.39, 0.29) is 0 Å². The Balaban J connectivity index is 2.12. The van der Waals surface area contributed by atoms with Gasteiger partial charge in [0.25, 0.3) is 0 Å². The Morgan fingerprint density at radius 3 is 1.85 bits per heavy atom. The summed E-state index contributed by atoms with van der Waals surface area (Å²) in [6.45, 7) is 0. The molecule has 170 valence electrons. The van der Waals surface area contributed by atoms with E-state index in [1.165, 1.54) is 0 Å². The molecule has 0 heterocycles. The highest BCUT2D eigenvalue weighted by Crippen LogP contribution is 2.39. The topological polar surface area (TPSA) is 65.0 Å². The van der Waals surface area contributed by atoms with Gasteiger partial charge in [0.1, 0.15) is 29.1 Å². The molecule has 0 bridgehead atoms. The molecule has 0 unspecified atom stereocenters. The van der Waals surface area contributed by atoms with Crippen LogP contribution in [0, 0.1) is 11.8 Å². The van der Waals surface area contributed by atoms with Gasteiger partial charge in [0.15, 0.2) is 0 Å². The van der Waals surface area contributed by atoms with Crippen LogP contribution in [0.4, 0.5) is 0 Å². The summed E-state index contributed by atoms with van der Waals surface area (Å²) < 4.78 is 16.1. The van der Waals surface area contributed by atoms with E-state index in [1.807, 2.05) is 66.7 Å². The fourth-order valence-electron chi connectivity index (χ4n) is 3.63. The third kappa shape index (κ3) is 5.36. The molecule has 3 rings (SSSR count). The van der Waals surface area contributed by atoms with E-state index in [9.17, 15) is 9.90 Å². The second-order valence-electron chi connectivity index (χ2n) is 7.44. The van der Waals surface area contributed by atoms with Crippen molar-refractivity contribution in [1.82, 2.24) is 0 Å². The van der Waals surface area contributed by atoms with Crippen molar-refractivity contribution in [2.24, 2.45) is 0 Å². The van der Waals surface area contributed by atoms with Gasteiger partial charge in [0, 0.05) is 12.8 Å². The van der Waals surface area contributed by atoms with Crippen LogP contribution >= 0.6 is 0 Å². The standard InChI is InChI=1S/C28H28O5/c1-31-25-14-9-22(10-15-25)28(30,23-11-16-26(32-2)17-12-23)24-13-18-27(33-3)21(20-24)8-6-4-5-7-19-29/h9-20,30H,4-5,7H2,1-3H3. The van der Waals surface area contributed by atoms with Gasteiger partial charge < -0.3 is 24.1 Å². The Labute approximate surface area is 194 Å². The van der Waals surface area contributed by atoms with Gasteiger partial charge in [-0.1, -0.05) is 42.2 Å². The molecular formula is C28H28O5. The zero-order chi connectivity index (χ0) is 23.7. The van der Waals surface area contributed by atoms with Crippen LogP contribution in [0.15, 0.2) is 66.7 Å². The Morgan fingerprint density at radius 2 is 1.36 bits per heavy atom. The molecule has 5 heteroatoms. The summed E-state index contributed by atoms with van der Waals surface area (Å²) in [5.41, 5.74) is 1.24. The number of hydrogen-bond donors (Lipinski definition) is 1. The van der Waals surface area contributed by atoms with Crippen molar-refractivity contribution in [2.45, 2.75) is 24.9 Å². The summed E-state index contributed by atoms with van der Waals surface area (Å²) in [6.07, 6.45) is 2.70. The number of carbonyl (C=O) groups is 1. The Bertz CT molecular complexity index is 1070. The maximum Gasteiger partial charge on any atom is 0.140 e. The highest BCUT2D eigenvalue weighted by Gasteiger charge is 2.34. The van der Waals surface area contributed by atoms with Gasteiger partial charge in [0.05, 0.1) is 26.9 Å². The van der Waals surface area contributed by atoms with Crippen molar-refractivity contribution in [3.63, 3.8) is 0 Å². The SMILES string of the molecule is COc1ccc(C(O)(c2ccc(OC)cc2)c2ccc(OC)c(C#CCCCC=O)c2)cc1. The first-order chi connectivity index (χ1) is 16.1. The van der Waals surface area contributed by atoms with Crippen molar-refractivity contribution < 1.29 is 24.1 Å². The number of aldehydes is 1. The van der Waals surface area contributed by atoms with E-state index in [4.69, 9.17) is 14.2 Å². The van der Waals surface area contributed by atoms with Crippen molar-refractivity contribution in [2.75, 3.05) is 21.3 Å². The largest absolute Gasteiger partial charge is 0.497 e. The van der Waals surface area contributed by atoms with Crippen LogP contribution in [0.25, 0.3) is 0 Å². The molecule has 1 N–H and O–H groups in total. The van der Waals surface area contributed by atoms with E-state index >= 15 is 0 Å². The van der Waals surface area contributed by atoms with E-state index in [1.54, 1.807) is 21.3 Å². The predicted molar refractivity (Wildman–Crippen MR) is 128 cm³/mol. The van der Waals surface area contributed by atoms with E-state index < -0.39 is 5.60 Å². The van der Waals surface area contributed by atoms with Gasteiger partial charge in [-0.25, -0.2) is 0 Å². The average molecular weight is 445 g/mol. The van der Waals surface area contributed by atoms with E-state index in [2.05, 4.69) is 11.8 Å². The molecule has 0 fully saturated rings. The molecule has 0 amide bonds. The number of benzene rings is 3. The summed E-state index contributed by atoms with van der Waals surface area (Å²) in [4.78, 5) is 10.5. The summed E-state index contributed by atoms with van der Waals surface area (Å²) in [5.74, 6) is 8.25. The van der Waals surface area contributed by atoms with Crippen molar-refractivity contribution in [3.05, 3.63) is 89.0 Å². The third-order valence-electron chi connectivity index (χ3n) is 5.48. The molecule has 0 atom stereocenters. The maximum absolute atomic E-state index is 12.2. The molecule has 0 aliphatic rings. The van der Waals surface area contributed by atoms with Gasteiger partial charge in [-0.3, -0.25) is 0 Å². The molecule has 0 aliphatic carbocycles.